The van der Waals surface area contributed by atoms with Crippen LogP contribution < -0.4 is 0 Å². The molecule has 0 spiro atoms. The quantitative estimate of drug-likeness (QED) is 0.796. The molecule has 2 aromatic rings. The third kappa shape index (κ3) is 3.35. The zero-order chi connectivity index (χ0) is 13.5. The number of carbonyl (C=O) groups is 1. The van der Waals surface area contributed by atoms with Crippen LogP contribution in [0, 0.1) is 0 Å². The molecule has 3 nitrogen and oxygen atoms in total. The number of hydrogen-bond donors (Lipinski definition) is 2. The van der Waals surface area contributed by atoms with Crippen LogP contribution in [0.5, 0.6) is 11.5 Å². The van der Waals surface area contributed by atoms with Gasteiger partial charge in [0.25, 0.3) is 0 Å². The van der Waals surface area contributed by atoms with Crippen LogP contribution in [-0.2, 0) is 0 Å². The predicted octanol–water partition coefficient (Wildman–Crippen LogP) is 3.36. The molecule has 0 aliphatic carbocycles. The van der Waals surface area contributed by atoms with Crippen molar-refractivity contribution >= 4 is 5.78 Å². The first kappa shape index (κ1) is 13.8. The second-order valence-electron chi connectivity index (χ2n) is 3.42. The van der Waals surface area contributed by atoms with Crippen molar-refractivity contribution in [2.45, 2.75) is 13.8 Å². The molecule has 18 heavy (non-hydrogen) atoms. The predicted molar refractivity (Wildman–Crippen MR) is 71.0 cm³/mol. The number of aromatic hydroxyl groups is 2. The number of phenols is 2. The molecule has 0 aromatic heterocycles. The van der Waals surface area contributed by atoms with Crippen LogP contribution in [0.1, 0.15) is 29.8 Å². The van der Waals surface area contributed by atoms with Crippen LogP contribution in [0.25, 0.3) is 0 Å². The van der Waals surface area contributed by atoms with E-state index in [9.17, 15) is 4.79 Å². The van der Waals surface area contributed by atoms with Gasteiger partial charge in [-0.3, -0.25) is 4.79 Å². The number of carbonyl (C=O) groups excluding carboxylic acids is 1. The molecule has 0 unspecified atom stereocenters. The first-order valence-corrected chi connectivity index (χ1v) is 5.79. The summed E-state index contributed by atoms with van der Waals surface area (Å²) in [6, 6.07) is 12.1. The Morgan fingerprint density at radius 1 is 0.722 bits per heavy atom. The van der Waals surface area contributed by atoms with E-state index in [0.717, 1.165) is 0 Å². The Balaban J connectivity index is 0.000000771. The smallest absolute Gasteiger partial charge is 0.193 e. The van der Waals surface area contributed by atoms with E-state index >= 15 is 0 Å². The second-order valence-corrected chi connectivity index (χ2v) is 3.42. The lowest BCUT2D eigenvalue weighted by Gasteiger charge is -2.01. The lowest BCUT2D eigenvalue weighted by atomic mass is 10.0. The van der Waals surface area contributed by atoms with Gasteiger partial charge in [-0.25, -0.2) is 0 Å². The van der Waals surface area contributed by atoms with Crippen molar-refractivity contribution in [2.75, 3.05) is 0 Å². The first-order chi connectivity index (χ1) is 8.66. The van der Waals surface area contributed by atoms with Crippen molar-refractivity contribution in [1.82, 2.24) is 0 Å². The van der Waals surface area contributed by atoms with Gasteiger partial charge in [-0.15, -0.1) is 0 Å². The third-order valence-electron chi connectivity index (χ3n) is 2.26. The summed E-state index contributed by atoms with van der Waals surface area (Å²) in [5.74, 6) is 0.115. The monoisotopic (exact) mass is 244 g/mol. The second kappa shape index (κ2) is 6.45. The van der Waals surface area contributed by atoms with Gasteiger partial charge in [0, 0.05) is 11.1 Å². The van der Waals surface area contributed by atoms with E-state index in [1.165, 1.54) is 24.3 Å². The van der Waals surface area contributed by atoms with Crippen molar-refractivity contribution in [2.24, 2.45) is 0 Å². The van der Waals surface area contributed by atoms with Crippen molar-refractivity contribution in [3.8, 4) is 11.5 Å². The molecular weight excluding hydrogens is 228 g/mol. The molecule has 0 atom stereocenters. The third-order valence-corrected chi connectivity index (χ3v) is 2.26. The summed E-state index contributed by atoms with van der Waals surface area (Å²) in [6.45, 7) is 4.00. The normalized spacial score (nSPS) is 9.22. The summed E-state index contributed by atoms with van der Waals surface area (Å²) >= 11 is 0. The van der Waals surface area contributed by atoms with Gasteiger partial charge in [0.2, 0.25) is 0 Å². The average Bonchev–Trinajstić information content (AvgIpc) is 2.42. The van der Waals surface area contributed by atoms with Crippen molar-refractivity contribution in [3.05, 3.63) is 59.7 Å². The molecule has 0 aliphatic heterocycles. The molecule has 0 heterocycles. The maximum Gasteiger partial charge on any atom is 0.193 e. The van der Waals surface area contributed by atoms with Crippen LogP contribution in [-0.4, -0.2) is 16.0 Å². The summed E-state index contributed by atoms with van der Waals surface area (Å²) in [5, 5.41) is 18.2. The Kier molecular flexibility index (Phi) is 4.93. The van der Waals surface area contributed by atoms with Gasteiger partial charge in [-0.1, -0.05) is 13.8 Å². The molecular formula is C15H16O3. The number of rotatable bonds is 2. The van der Waals surface area contributed by atoms with E-state index < -0.39 is 0 Å². The number of hydrogen-bond acceptors (Lipinski definition) is 3. The Morgan fingerprint density at radius 2 is 1.00 bits per heavy atom. The highest BCUT2D eigenvalue weighted by atomic mass is 16.3. The van der Waals surface area contributed by atoms with Crippen LogP contribution >= 0.6 is 0 Å². The zero-order valence-corrected chi connectivity index (χ0v) is 10.4. The minimum atomic E-state index is -0.139. The van der Waals surface area contributed by atoms with E-state index in [2.05, 4.69) is 0 Å². The highest BCUT2D eigenvalue weighted by molar-refractivity contribution is 6.09. The molecule has 2 rings (SSSR count). The minimum Gasteiger partial charge on any atom is -0.508 e. The molecule has 0 amide bonds. The summed E-state index contributed by atoms with van der Waals surface area (Å²) in [4.78, 5) is 11.9. The molecule has 0 aliphatic rings. The van der Waals surface area contributed by atoms with E-state index in [1.807, 2.05) is 13.8 Å². The fraction of sp³-hybridized carbons (Fsp3) is 0.133. The standard InChI is InChI=1S/C13H10O3.C2H6/c14-11-5-1-9(2-6-11)13(16)10-3-7-12(15)8-4-10;1-2/h1-8,14-15H;1-2H3. The average molecular weight is 244 g/mol. The first-order valence-electron chi connectivity index (χ1n) is 5.79. The van der Waals surface area contributed by atoms with Crippen LogP contribution in [0.15, 0.2) is 48.5 Å². The van der Waals surface area contributed by atoms with Gasteiger partial charge in [0.15, 0.2) is 5.78 Å². The summed E-state index contributed by atoms with van der Waals surface area (Å²) < 4.78 is 0. The van der Waals surface area contributed by atoms with Crippen LogP contribution in [0.3, 0.4) is 0 Å². The van der Waals surface area contributed by atoms with Gasteiger partial charge in [0.1, 0.15) is 11.5 Å². The Labute approximate surface area is 106 Å². The molecule has 94 valence electrons. The number of ketones is 1. The van der Waals surface area contributed by atoms with Crippen molar-refractivity contribution < 1.29 is 15.0 Å². The SMILES string of the molecule is CC.O=C(c1ccc(O)cc1)c1ccc(O)cc1. The Morgan fingerprint density at radius 3 is 1.28 bits per heavy atom. The number of benzene rings is 2. The minimum absolute atomic E-state index is 0.127. The Bertz CT molecular complexity index is 451. The fourth-order valence-corrected chi connectivity index (χ4v) is 1.39. The van der Waals surface area contributed by atoms with Crippen LogP contribution in [0.2, 0.25) is 0 Å². The topological polar surface area (TPSA) is 57.5 Å². The van der Waals surface area contributed by atoms with Gasteiger partial charge in [-0.05, 0) is 48.5 Å². The van der Waals surface area contributed by atoms with Crippen molar-refractivity contribution in [1.29, 1.82) is 0 Å². The zero-order valence-electron chi connectivity index (χ0n) is 10.4. The highest BCUT2D eigenvalue weighted by Crippen LogP contribution is 2.16. The van der Waals surface area contributed by atoms with Gasteiger partial charge >= 0.3 is 0 Å². The molecule has 0 saturated heterocycles. The maximum absolute atomic E-state index is 11.9. The van der Waals surface area contributed by atoms with E-state index in [-0.39, 0.29) is 17.3 Å². The summed E-state index contributed by atoms with van der Waals surface area (Å²) in [7, 11) is 0. The lowest BCUT2D eigenvalue weighted by Crippen LogP contribution is -2.00. The molecule has 3 heteroatoms. The van der Waals surface area contributed by atoms with Gasteiger partial charge in [0.05, 0.1) is 0 Å². The number of phenolic OH excluding ortho intramolecular Hbond substituents is 2. The molecule has 2 aromatic carbocycles. The summed E-state index contributed by atoms with van der Waals surface area (Å²) in [6.07, 6.45) is 0. The highest BCUT2D eigenvalue weighted by Gasteiger charge is 2.08. The largest absolute Gasteiger partial charge is 0.508 e. The maximum atomic E-state index is 11.9. The molecule has 0 bridgehead atoms. The van der Waals surface area contributed by atoms with Crippen molar-refractivity contribution in [3.63, 3.8) is 0 Å². The fourth-order valence-electron chi connectivity index (χ4n) is 1.39. The Hall–Kier alpha value is -2.29. The molecule has 0 radical (unpaired) electrons. The molecule has 2 N–H and O–H groups in total. The van der Waals surface area contributed by atoms with E-state index in [4.69, 9.17) is 10.2 Å². The van der Waals surface area contributed by atoms with E-state index in [0.29, 0.717) is 11.1 Å². The molecule has 0 fully saturated rings. The molecule has 0 saturated carbocycles. The van der Waals surface area contributed by atoms with Crippen LogP contribution in [0.4, 0.5) is 0 Å². The summed E-state index contributed by atoms with van der Waals surface area (Å²) in [5.41, 5.74) is 1.01. The van der Waals surface area contributed by atoms with E-state index in [1.54, 1.807) is 24.3 Å². The van der Waals surface area contributed by atoms with Gasteiger partial charge in [-0.2, -0.15) is 0 Å². The lowest BCUT2D eigenvalue weighted by molar-refractivity contribution is 0.103. The van der Waals surface area contributed by atoms with Gasteiger partial charge < -0.3 is 10.2 Å².